The minimum Gasteiger partial charge on any atom is -0.256 e. The lowest BCUT2D eigenvalue weighted by atomic mass is 9.96. The summed E-state index contributed by atoms with van der Waals surface area (Å²) < 4.78 is 13.3. The number of benzene rings is 3. The van der Waals surface area contributed by atoms with Crippen LogP contribution in [0.4, 0.5) is 4.39 Å². The Labute approximate surface area is 156 Å². The molecule has 5 aromatic rings. The molecule has 0 aliphatic heterocycles. The van der Waals surface area contributed by atoms with E-state index < -0.39 is 0 Å². The lowest BCUT2D eigenvalue weighted by Gasteiger charge is -2.12. The Morgan fingerprint density at radius 1 is 0.667 bits per heavy atom. The average Bonchev–Trinajstić information content (AvgIpc) is 2.74. The first kappa shape index (κ1) is 15.6. The number of fused-ring (bicyclic) bond motifs is 3. The molecule has 0 N–H and O–H groups in total. The predicted octanol–water partition coefficient (Wildman–Crippen LogP) is 6.26. The van der Waals surface area contributed by atoms with E-state index >= 15 is 0 Å². The smallest absolute Gasteiger partial charge is 0.123 e. The van der Waals surface area contributed by atoms with Crippen LogP contribution >= 0.6 is 0 Å². The molecule has 3 heteroatoms. The molecule has 0 aliphatic rings. The van der Waals surface area contributed by atoms with Crippen LogP contribution < -0.4 is 0 Å². The van der Waals surface area contributed by atoms with Crippen LogP contribution in [0.25, 0.3) is 44.2 Å². The van der Waals surface area contributed by atoms with Crippen molar-refractivity contribution in [1.29, 1.82) is 0 Å². The second-order valence-electron chi connectivity index (χ2n) is 6.46. The first-order valence-corrected chi connectivity index (χ1v) is 8.79. The number of hydrogen-bond acceptors (Lipinski definition) is 2. The number of halogens is 1. The van der Waals surface area contributed by atoms with Gasteiger partial charge in [-0.15, -0.1) is 0 Å². The third kappa shape index (κ3) is 2.74. The fourth-order valence-corrected chi connectivity index (χ4v) is 3.50. The highest BCUT2D eigenvalue weighted by molar-refractivity contribution is 6.12. The minimum absolute atomic E-state index is 0.250. The van der Waals surface area contributed by atoms with Gasteiger partial charge in [0.25, 0.3) is 0 Å². The van der Waals surface area contributed by atoms with Crippen molar-refractivity contribution in [2.24, 2.45) is 0 Å². The lowest BCUT2D eigenvalue weighted by molar-refractivity contribution is 0.628. The van der Waals surface area contributed by atoms with Gasteiger partial charge < -0.3 is 0 Å². The monoisotopic (exact) mass is 350 g/mol. The summed E-state index contributed by atoms with van der Waals surface area (Å²) in [6.45, 7) is 0. The number of nitrogens with zero attached hydrogens (tertiary/aromatic N) is 2. The van der Waals surface area contributed by atoms with E-state index in [2.05, 4.69) is 29.2 Å². The van der Waals surface area contributed by atoms with Gasteiger partial charge in [0.05, 0.1) is 16.7 Å². The van der Waals surface area contributed by atoms with Crippen molar-refractivity contribution < 1.29 is 4.39 Å². The SMILES string of the molecule is Fc1ccc(-c2cc(-c3ccccc3)c3c(ccc4ncccc43)n2)cc1. The van der Waals surface area contributed by atoms with Gasteiger partial charge in [-0.3, -0.25) is 4.98 Å². The van der Waals surface area contributed by atoms with E-state index in [0.717, 1.165) is 44.2 Å². The molecule has 0 atom stereocenters. The molecule has 0 saturated carbocycles. The van der Waals surface area contributed by atoms with Gasteiger partial charge in [0.2, 0.25) is 0 Å². The van der Waals surface area contributed by atoms with Crippen molar-refractivity contribution in [2.45, 2.75) is 0 Å². The van der Waals surface area contributed by atoms with E-state index in [1.165, 1.54) is 12.1 Å². The summed E-state index contributed by atoms with van der Waals surface area (Å²) in [4.78, 5) is 9.35. The van der Waals surface area contributed by atoms with Crippen LogP contribution in [0.1, 0.15) is 0 Å². The Balaban J connectivity index is 1.88. The lowest BCUT2D eigenvalue weighted by Crippen LogP contribution is -1.92. The maximum atomic E-state index is 13.3. The topological polar surface area (TPSA) is 25.8 Å². The summed E-state index contributed by atoms with van der Waals surface area (Å²) >= 11 is 0. The third-order valence-corrected chi connectivity index (χ3v) is 4.78. The fraction of sp³-hybridized carbons (Fsp3) is 0. The van der Waals surface area contributed by atoms with E-state index in [1.54, 1.807) is 18.3 Å². The van der Waals surface area contributed by atoms with E-state index in [4.69, 9.17) is 4.98 Å². The Bertz CT molecular complexity index is 1260. The van der Waals surface area contributed by atoms with Crippen LogP contribution in [-0.2, 0) is 0 Å². The second kappa shape index (κ2) is 6.29. The Kier molecular flexibility index (Phi) is 3.65. The average molecular weight is 350 g/mol. The van der Waals surface area contributed by atoms with Crippen molar-refractivity contribution in [3.63, 3.8) is 0 Å². The van der Waals surface area contributed by atoms with E-state index in [1.807, 2.05) is 36.4 Å². The van der Waals surface area contributed by atoms with Crippen LogP contribution in [0.3, 0.4) is 0 Å². The molecule has 2 aromatic heterocycles. The summed E-state index contributed by atoms with van der Waals surface area (Å²) in [6, 6.07) is 26.8. The standard InChI is InChI=1S/C24H15FN2/c25-18-10-8-17(9-11-18)23-15-20(16-5-2-1-3-6-16)24-19-7-4-14-26-21(19)12-13-22(24)27-23/h1-15H. The van der Waals surface area contributed by atoms with E-state index in [9.17, 15) is 4.39 Å². The molecule has 0 bridgehead atoms. The zero-order chi connectivity index (χ0) is 18.2. The highest BCUT2D eigenvalue weighted by Crippen LogP contribution is 2.35. The highest BCUT2D eigenvalue weighted by Gasteiger charge is 2.12. The van der Waals surface area contributed by atoms with Gasteiger partial charge in [0.15, 0.2) is 0 Å². The minimum atomic E-state index is -0.250. The molecule has 3 aromatic carbocycles. The molecule has 0 spiro atoms. The van der Waals surface area contributed by atoms with Gasteiger partial charge in [-0.25, -0.2) is 9.37 Å². The first-order chi connectivity index (χ1) is 13.3. The fourth-order valence-electron chi connectivity index (χ4n) is 3.50. The molecule has 0 amide bonds. The van der Waals surface area contributed by atoms with Crippen molar-refractivity contribution in [1.82, 2.24) is 9.97 Å². The number of hydrogen-bond donors (Lipinski definition) is 0. The molecule has 128 valence electrons. The molecule has 0 radical (unpaired) electrons. The maximum Gasteiger partial charge on any atom is 0.123 e. The van der Waals surface area contributed by atoms with Gasteiger partial charge in [0, 0.05) is 22.5 Å². The molecule has 5 rings (SSSR count). The summed E-state index contributed by atoms with van der Waals surface area (Å²) in [5.41, 5.74) is 5.77. The van der Waals surface area contributed by atoms with Gasteiger partial charge in [-0.1, -0.05) is 36.4 Å². The summed E-state index contributed by atoms with van der Waals surface area (Å²) in [5.74, 6) is -0.250. The second-order valence-corrected chi connectivity index (χ2v) is 6.46. The zero-order valence-electron chi connectivity index (χ0n) is 14.4. The van der Waals surface area contributed by atoms with Gasteiger partial charge >= 0.3 is 0 Å². The Morgan fingerprint density at radius 2 is 1.44 bits per heavy atom. The third-order valence-electron chi connectivity index (χ3n) is 4.78. The van der Waals surface area contributed by atoms with Crippen molar-refractivity contribution in [2.75, 3.05) is 0 Å². The maximum absolute atomic E-state index is 13.3. The van der Waals surface area contributed by atoms with Crippen molar-refractivity contribution in [3.8, 4) is 22.4 Å². The summed E-state index contributed by atoms with van der Waals surface area (Å²) in [7, 11) is 0. The van der Waals surface area contributed by atoms with Crippen LogP contribution in [0.2, 0.25) is 0 Å². The molecule has 0 saturated heterocycles. The van der Waals surface area contributed by atoms with Crippen LogP contribution in [-0.4, -0.2) is 9.97 Å². The number of aromatic nitrogens is 2. The van der Waals surface area contributed by atoms with Crippen LogP contribution in [0, 0.1) is 5.82 Å². The quantitative estimate of drug-likeness (QED) is 0.351. The number of pyridine rings is 2. The molecular weight excluding hydrogens is 335 g/mol. The van der Waals surface area contributed by atoms with Gasteiger partial charge in [-0.05, 0) is 59.7 Å². The molecular formula is C24H15FN2. The molecule has 0 unspecified atom stereocenters. The Morgan fingerprint density at radius 3 is 2.26 bits per heavy atom. The van der Waals surface area contributed by atoms with Gasteiger partial charge in [-0.2, -0.15) is 0 Å². The van der Waals surface area contributed by atoms with Crippen molar-refractivity contribution >= 4 is 21.8 Å². The highest BCUT2D eigenvalue weighted by atomic mass is 19.1. The Hall–Kier alpha value is -3.59. The van der Waals surface area contributed by atoms with E-state index in [0.29, 0.717) is 0 Å². The molecule has 2 heterocycles. The predicted molar refractivity (Wildman–Crippen MR) is 108 cm³/mol. The number of rotatable bonds is 2. The van der Waals surface area contributed by atoms with Gasteiger partial charge in [0.1, 0.15) is 5.82 Å². The summed E-state index contributed by atoms with van der Waals surface area (Å²) in [6.07, 6.45) is 1.80. The molecule has 27 heavy (non-hydrogen) atoms. The summed E-state index contributed by atoms with van der Waals surface area (Å²) in [5, 5.41) is 2.16. The molecule has 0 fully saturated rings. The normalized spacial score (nSPS) is 11.1. The van der Waals surface area contributed by atoms with E-state index in [-0.39, 0.29) is 5.82 Å². The van der Waals surface area contributed by atoms with Crippen LogP contribution in [0.5, 0.6) is 0 Å². The largest absolute Gasteiger partial charge is 0.256 e. The molecule has 0 aliphatic carbocycles. The zero-order valence-corrected chi connectivity index (χ0v) is 14.4. The molecule has 2 nitrogen and oxygen atoms in total. The van der Waals surface area contributed by atoms with Crippen molar-refractivity contribution in [3.05, 3.63) is 96.9 Å². The van der Waals surface area contributed by atoms with Crippen LogP contribution in [0.15, 0.2) is 91.1 Å². The first-order valence-electron chi connectivity index (χ1n) is 8.79.